The van der Waals surface area contributed by atoms with Crippen LogP contribution < -0.4 is 14.4 Å². The lowest BCUT2D eigenvalue weighted by atomic mass is 10.2. The number of hydrogen-bond donors (Lipinski definition) is 1. The van der Waals surface area contributed by atoms with E-state index in [1.807, 2.05) is 0 Å². The molecule has 0 aliphatic rings. The SMILES string of the molecule is CCOC(=O)c1ccc(NC(=O)COc2ccc(N(C)S(=O)(=O)c3ccccc3)cc2)cc1. The number of rotatable bonds is 9. The van der Waals surface area contributed by atoms with E-state index < -0.39 is 16.0 Å². The summed E-state index contributed by atoms with van der Waals surface area (Å²) in [5.74, 6) is -0.395. The largest absolute Gasteiger partial charge is 0.484 e. The normalized spacial score (nSPS) is 10.8. The van der Waals surface area contributed by atoms with Gasteiger partial charge in [-0.25, -0.2) is 13.2 Å². The molecule has 8 nitrogen and oxygen atoms in total. The Hall–Kier alpha value is -3.85. The molecule has 0 radical (unpaired) electrons. The topological polar surface area (TPSA) is 102 Å². The van der Waals surface area contributed by atoms with Crippen molar-refractivity contribution in [1.82, 2.24) is 0 Å². The molecule has 3 aromatic rings. The highest BCUT2D eigenvalue weighted by Gasteiger charge is 2.20. The van der Waals surface area contributed by atoms with Gasteiger partial charge in [0.05, 0.1) is 22.8 Å². The van der Waals surface area contributed by atoms with Gasteiger partial charge in [-0.2, -0.15) is 0 Å². The van der Waals surface area contributed by atoms with Crippen LogP contribution in [-0.4, -0.2) is 40.6 Å². The first-order chi connectivity index (χ1) is 15.8. The van der Waals surface area contributed by atoms with Gasteiger partial charge in [-0.15, -0.1) is 0 Å². The summed E-state index contributed by atoms with van der Waals surface area (Å²) in [5.41, 5.74) is 1.36. The van der Waals surface area contributed by atoms with Gasteiger partial charge in [0.15, 0.2) is 6.61 Å². The van der Waals surface area contributed by atoms with Crippen LogP contribution in [0.15, 0.2) is 83.8 Å². The van der Waals surface area contributed by atoms with Crippen LogP contribution in [0.2, 0.25) is 0 Å². The van der Waals surface area contributed by atoms with Crippen molar-refractivity contribution in [3.05, 3.63) is 84.4 Å². The maximum absolute atomic E-state index is 12.7. The van der Waals surface area contributed by atoms with Crippen LogP contribution in [0.3, 0.4) is 0 Å². The van der Waals surface area contributed by atoms with E-state index in [9.17, 15) is 18.0 Å². The fourth-order valence-corrected chi connectivity index (χ4v) is 4.11. The van der Waals surface area contributed by atoms with Crippen molar-refractivity contribution < 1.29 is 27.5 Å². The minimum Gasteiger partial charge on any atom is -0.484 e. The van der Waals surface area contributed by atoms with Crippen LogP contribution in [0.25, 0.3) is 0 Å². The first-order valence-corrected chi connectivity index (χ1v) is 11.6. The van der Waals surface area contributed by atoms with Crippen molar-refractivity contribution in [1.29, 1.82) is 0 Å². The second-order valence-corrected chi connectivity index (χ2v) is 8.88. The summed E-state index contributed by atoms with van der Waals surface area (Å²) >= 11 is 0. The Morgan fingerprint density at radius 2 is 1.55 bits per heavy atom. The molecule has 9 heteroatoms. The molecule has 0 atom stereocenters. The minimum atomic E-state index is -3.68. The Bertz CT molecular complexity index is 1190. The van der Waals surface area contributed by atoms with E-state index >= 15 is 0 Å². The van der Waals surface area contributed by atoms with Crippen molar-refractivity contribution in [3.8, 4) is 5.75 Å². The van der Waals surface area contributed by atoms with Gasteiger partial charge in [-0.05, 0) is 67.6 Å². The Morgan fingerprint density at radius 1 is 0.909 bits per heavy atom. The third-order valence-electron chi connectivity index (χ3n) is 4.65. The summed E-state index contributed by atoms with van der Waals surface area (Å²) in [6, 6.07) is 20.9. The van der Waals surface area contributed by atoms with Gasteiger partial charge in [0.1, 0.15) is 5.75 Å². The third-order valence-corrected chi connectivity index (χ3v) is 6.45. The molecule has 172 valence electrons. The van der Waals surface area contributed by atoms with E-state index in [2.05, 4.69) is 5.32 Å². The summed E-state index contributed by atoms with van der Waals surface area (Å²) in [7, 11) is -2.21. The smallest absolute Gasteiger partial charge is 0.338 e. The quantitative estimate of drug-likeness (QED) is 0.481. The first kappa shape index (κ1) is 23.8. The number of esters is 1. The van der Waals surface area contributed by atoms with Crippen molar-refractivity contribution in [3.63, 3.8) is 0 Å². The van der Waals surface area contributed by atoms with Gasteiger partial charge >= 0.3 is 5.97 Å². The molecule has 0 spiro atoms. The highest BCUT2D eigenvalue weighted by atomic mass is 32.2. The zero-order valence-corrected chi connectivity index (χ0v) is 19.0. The van der Waals surface area contributed by atoms with Crippen LogP contribution >= 0.6 is 0 Å². The molecular weight excluding hydrogens is 444 g/mol. The lowest BCUT2D eigenvalue weighted by Gasteiger charge is -2.19. The summed E-state index contributed by atoms with van der Waals surface area (Å²) in [6.45, 7) is 1.77. The zero-order valence-electron chi connectivity index (χ0n) is 18.2. The van der Waals surface area contributed by atoms with E-state index in [0.717, 1.165) is 0 Å². The first-order valence-electron chi connectivity index (χ1n) is 10.1. The third kappa shape index (κ3) is 6.11. The second kappa shape index (κ2) is 10.6. The van der Waals surface area contributed by atoms with E-state index in [1.165, 1.54) is 23.5 Å². The summed E-state index contributed by atoms with van der Waals surface area (Å²) < 4.78 is 37.0. The number of hydrogen-bond acceptors (Lipinski definition) is 6. The number of sulfonamides is 1. The average Bonchev–Trinajstić information content (AvgIpc) is 2.84. The number of nitrogens with zero attached hydrogens (tertiary/aromatic N) is 1. The van der Waals surface area contributed by atoms with Gasteiger partial charge < -0.3 is 14.8 Å². The molecule has 3 rings (SSSR count). The number of anilines is 2. The van der Waals surface area contributed by atoms with E-state index in [4.69, 9.17) is 9.47 Å². The summed E-state index contributed by atoms with van der Waals surface area (Å²) in [4.78, 5) is 24.0. The molecule has 0 aliphatic carbocycles. The Kier molecular flexibility index (Phi) is 7.68. The molecule has 0 bridgehead atoms. The predicted octanol–water partition coefficient (Wildman–Crippen LogP) is 3.71. The molecule has 0 fully saturated rings. The number of benzene rings is 3. The minimum absolute atomic E-state index is 0.194. The van der Waals surface area contributed by atoms with Gasteiger partial charge in [0.2, 0.25) is 0 Å². The zero-order chi connectivity index (χ0) is 23.8. The Balaban J connectivity index is 1.55. The maximum Gasteiger partial charge on any atom is 0.338 e. The van der Waals surface area contributed by atoms with Crippen LogP contribution in [0.1, 0.15) is 17.3 Å². The number of nitrogens with one attached hydrogen (secondary N) is 1. The summed E-state index contributed by atoms with van der Waals surface area (Å²) in [5, 5.41) is 2.67. The molecule has 0 unspecified atom stereocenters. The Labute approximate surface area is 192 Å². The predicted molar refractivity (Wildman–Crippen MR) is 125 cm³/mol. The molecule has 0 heterocycles. The molecule has 3 aromatic carbocycles. The van der Waals surface area contributed by atoms with Crippen LogP contribution in [-0.2, 0) is 19.6 Å². The lowest BCUT2D eigenvalue weighted by molar-refractivity contribution is -0.118. The van der Waals surface area contributed by atoms with Crippen molar-refractivity contribution in [2.24, 2.45) is 0 Å². The maximum atomic E-state index is 12.7. The van der Waals surface area contributed by atoms with Crippen LogP contribution in [0.5, 0.6) is 5.75 Å². The van der Waals surface area contributed by atoms with Crippen LogP contribution in [0, 0.1) is 0 Å². The standard InChI is InChI=1S/C24H24N2O6S/c1-3-31-24(28)18-9-11-19(12-10-18)25-23(27)17-32-21-15-13-20(14-16-21)26(2)33(29,30)22-7-5-4-6-8-22/h4-16H,3,17H2,1-2H3,(H,25,27). The lowest BCUT2D eigenvalue weighted by Crippen LogP contribution is -2.26. The van der Waals surface area contributed by atoms with Crippen molar-refractivity contribution in [2.75, 3.05) is 29.9 Å². The second-order valence-electron chi connectivity index (χ2n) is 6.91. The molecular formula is C24H24N2O6S. The van der Waals surface area contributed by atoms with Crippen molar-refractivity contribution >= 4 is 33.3 Å². The highest BCUT2D eigenvalue weighted by Crippen LogP contribution is 2.24. The number of amides is 1. The van der Waals surface area contributed by atoms with Crippen LogP contribution in [0.4, 0.5) is 11.4 Å². The molecule has 0 aliphatic heterocycles. The van der Waals surface area contributed by atoms with Crippen molar-refractivity contribution in [2.45, 2.75) is 11.8 Å². The fourth-order valence-electron chi connectivity index (χ4n) is 2.89. The van der Waals surface area contributed by atoms with Gasteiger partial charge in [0.25, 0.3) is 15.9 Å². The molecule has 33 heavy (non-hydrogen) atoms. The summed E-state index contributed by atoms with van der Waals surface area (Å²) in [6.07, 6.45) is 0. The van der Waals surface area contributed by atoms with E-state index in [1.54, 1.807) is 73.7 Å². The average molecular weight is 469 g/mol. The number of carbonyl (C=O) groups excluding carboxylic acids is 2. The monoisotopic (exact) mass is 468 g/mol. The number of ether oxygens (including phenoxy) is 2. The molecule has 0 aromatic heterocycles. The fraction of sp³-hybridized carbons (Fsp3) is 0.167. The molecule has 0 saturated heterocycles. The van der Waals surface area contributed by atoms with E-state index in [-0.39, 0.29) is 24.0 Å². The highest BCUT2D eigenvalue weighted by molar-refractivity contribution is 7.92. The number of carbonyl (C=O) groups is 2. The molecule has 1 amide bonds. The van der Waals surface area contributed by atoms with Gasteiger partial charge in [-0.3, -0.25) is 9.10 Å². The molecule has 0 saturated carbocycles. The van der Waals surface area contributed by atoms with Gasteiger partial charge in [-0.1, -0.05) is 18.2 Å². The Morgan fingerprint density at radius 3 is 2.15 bits per heavy atom. The van der Waals surface area contributed by atoms with E-state index in [0.29, 0.717) is 22.7 Å². The van der Waals surface area contributed by atoms with Gasteiger partial charge in [0, 0.05) is 12.7 Å². The molecule has 1 N–H and O–H groups in total.